The number of carbonyl (C=O) groups is 2. The van der Waals surface area contributed by atoms with Gasteiger partial charge in [0.2, 0.25) is 0 Å². The average molecular weight is 419 g/mol. The van der Waals surface area contributed by atoms with Crippen LogP contribution in [0.3, 0.4) is 0 Å². The fraction of sp³-hybridized carbons (Fsp3) is 0.364. The normalized spacial score (nSPS) is 20.8. The van der Waals surface area contributed by atoms with Crippen LogP contribution in [0.2, 0.25) is 0 Å². The van der Waals surface area contributed by atoms with E-state index in [4.69, 9.17) is 9.47 Å². The van der Waals surface area contributed by atoms with Crippen LogP contribution in [0.4, 0.5) is 0 Å². The molecular weight excluding hydrogens is 392 g/mol. The highest BCUT2D eigenvalue weighted by atomic mass is 32.2. The minimum Gasteiger partial charge on any atom is -0.469 e. The molecule has 0 radical (unpaired) electrons. The number of hydrogen-bond acceptors (Lipinski definition) is 6. The molecule has 1 aromatic carbocycles. The molecule has 0 saturated heterocycles. The molecule has 1 aliphatic heterocycles. The van der Waals surface area contributed by atoms with Crippen molar-refractivity contribution in [2.75, 3.05) is 14.2 Å². The van der Waals surface area contributed by atoms with Crippen LogP contribution in [0.5, 0.6) is 0 Å². The molecule has 2 heterocycles. The zero-order valence-electron chi connectivity index (χ0n) is 16.8. The van der Waals surface area contributed by atoms with Crippen molar-refractivity contribution in [3.8, 4) is 0 Å². The summed E-state index contributed by atoms with van der Waals surface area (Å²) in [7, 11) is 2.64. The number of carbonyl (C=O) groups excluding carboxylic acids is 2. The van der Waals surface area contributed by atoms with Gasteiger partial charge in [-0.2, -0.15) is 0 Å². The molecule has 0 amide bonds. The van der Waals surface area contributed by atoms with E-state index >= 15 is 0 Å². The SMILES string of the molecule is CC(C)(C)c1ccccc1.COC(=O)C1C=CSC1(C(=O)OC)c1cccs1. The molecule has 0 bridgehead atoms. The molecule has 2 unspecified atom stereocenters. The van der Waals surface area contributed by atoms with Gasteiger partial charge in [0.15, 0.2) is 4.75 Å². The number of hydrogen-bond donors (Lipinski definition) is 0. The third kappa shape index (κ3) is 4.67. The number of rotatable bonds is 3. The number of thioether (sulfide) groups is 1. The summed E-state index contributed by atoms with van der Waals surface area (Å²) in [6.45, 7) is 6.67. The van der Waals surface area contributed by atoms with E-state index < -0.39 is 22.6 Å². The fourth-order valence-corrected chi connectivity index (χ4v) is 5.14. The average Bonchev–Trinajstić information content (AvgIpc) is 3.37. The quantitative estimate of drug-likeness (QED) is 0.645. The summed E-state index contributed by atoms with van der Waals surface area (Å²) in [5.41, 5.74) is 1.69. The van der Waals surface area contributed by atoms with Gasteiger partial charge in [-0.15, -0.1) is 23.1 Å². The van der Waals surface area contributed by atoms with Crippen molar-refractivity contribution in [3.05, 3.63) is 69.8 Å². The summed E-state index contributed by atoms with van der Waals surface area (Å²) in [6, 6.07) is 14.2. The Labute approximate surface area is 174 Å². The van der Waals surface area contributed by atoms with Crippen LogP contribution in [0, 0.1) is 5.92 Å². The predicted octanol–water partition coefficient (Wildman–Crippen LogP) is 5.15. The van der Waals surface area contributed by atoms with Crippen LogP contribution in [0.1, 0.15) is 31.2 Å². The molecule has 3 rings (SSSR count). The first kappa shape index (κ1) is 22.2. The van der Waals surface area contributed by atoms with Gasteiger partial charge in [-0.1, -0.05) is 63.2 Å². The van der Waals surface area contributed by atoms with E-state index in [2.05, 4.69) is 51.1 Å². The van der Waals surface area contributed by atoms with Gasteiger partial charge in [0.25, 0.3) is 0 Å². The molecule has 150 valence electrons. The van der Waals surface area contributed by atoms with Gasteiger partial charge in [0.1, 0.15) is 5.92 Å². The second-order valence-electron chi connectivity index (χ2n) is 7.27. The lowest BCUT2D eigenvalue weighted by Crippen LogP contribution is -2.41. The van der Waals surface area contributed by atoms with Crippen LogP contribution in [0.25, 0.3) is 0 Å². The molecule has 2 aromatic rings. The van der Waals surface area contributed by atoms with Crippen LogP contribution < -0.4 is 0 Å². The zero-order valence-corrected chi connectivity index (χ0v) is 18.4. The third-order valence-electron chi connectivity index (χ3n) is 4.43. The standard InChI is InChI=1S/C12H12O4S2.C10H14/c1-15-10(13)8-5-7-18-12(8,11(14)16-2)9-4-3-6-17-9;1-10(2,3)9-7-5-4-6-8-9/h3-8H,1-2H3;4-8H,1-3H3. The van der Waals surface area contributed by atoms with Crippen molar-refractivity contribution in [1.29, 1.82) is 0 Å². The first-order valence-electron chi connectivity index (χ1n) is 8.87. The molecule has 1 aromatic heterocycles. The van der Waals surface area contributed by atoms with Gasteiger partial charge in [0.05, 0.1) is 14.2 Å². The van der Waals surface area contributed by atoms with E-state index in [0.29, 0.717) is 5.41 Å². The predicted molar refractivity (Wildman–Crippen MR) is 115 cm³/mol. The Morgan fingerprint density at radius 2 is 1.68 bits per heavy atom. The van der Waals surface area contributed by atoms with Gasteiger partial charge >= 0.3 is 11.9 Å². The largest absolute Gasteiger partial charge is 0.469 e. The Hall–Kier alpha value is -2.05. The topological polar surface area (TPSA) is 52.6 Å². The van der Waals surface area contributed by atoms with E-state index in [9.17, 15) is 9.59 Å². The fourth-order valence-electron chi connectivity index (χ4n) is 2.87. The van der Waals surface area contributed by atoms with Crippen molar-refractivity contribution in [2.45, 2.75) is 30.9 Å². The van der Waals surface area contributed by atoms with E-state index in [1.54, 1.807) is 11.5 Å². The maximum atomic E-state index is 12.2. The monoisotopic (exact) mass is 418 g/mol. The zero-order chi connectivity index (χ0) is 20.8. The lowest BCUT2D eigenvalue weighted by Gasteiger charge is -2.29. The Balaban J connectivity index is 0.000000237. The van der Waals surface area contributed by atoms with Gasteiger partial charge in [-0.05, 0) is 27.8 Å². The minimum atomic E-state index is -1.05. The number of ether oxygens (including phenoxy) is 2. The summed E-state index contributed by atoms with van der Waals surface area (Å²) in [5.74, 6) is -1.52. The molecule has 0 aliphatic carbocycles. The maximum Gasteiger partial charge on any atom is 0.328 e. The lowest BCUT2D eigenvalue weighted by molar-refractivity contribution is -0.153. The van der Waals surface area contributed by atoms with Gasteiger partial charge < -0.3 is 9.47 Å². The second kappa shape index (κ2) is 9.43. The first-order valence-corrected chi connectivity index (χ1v) is 10.6. The van der Waals surface area contributed by atoms with Crippen molar-refractivity contribution >= 4 is 35.0 Å². The highest BCUT2D eigenvalue weighted by Gasteiger charge is 2.54. The van der Waals surface area contributed by atoms with Crippen molar-refractivity contribution in [1.82, 2.24) is 0 Å². The number of esters is 2. The molecule has 0 fully saturated rings. The van der Waals surface area contributed by atoms with Crippen LogP contribution in [0.15, 0.2) is 59.3 Å². The van der Waals surface area contributed by atoms with Gasteiger partial charge in [0, 0.05) is 4.88 Å². The van der Waals surface area contributed by atoms with E-state index in [0.717, 1.165) is 4.88 Å². The van der Waals surface area contributed by atoms with Crippen LogP contribution in [-0.2, 0) is 29.2 Å². The maximum absolute atomic E-state index is 12.2. The van der Waals surface area contributed by atoms with Gasteiger partial charge in [-0.3, -0.25) is 9.59 Å². The van der Waals surface area contributed by atoms with Crippen LogP contribution in [-0.4, -0.2) is 26.2 Å². The minimum absolute atomic E-state index is 0.293. The molecule has 2 atom stereocenters. The van der Waals surface area contributed by atoms with Crippen molar-refractivity contribution in [3.63, 3.8) is 0 Å². The van der Waals surface area contributed by atoms with E-state index in [1.807, 2.05) is 17.5 Å². The molecule has 0 spiro atoms. The summed E-state index contributed by atoms with van der Waals surface area (Å²) in [6.07, 6.45) is 1.69. The lowest BCUT2D eigenvalue weighted by atomic mass is 9.87. The van der Waals surface area contributed by atoms with Gasteiger partial charge in [-0.25, -0.2) is 0 Å². The summed E-state index contributed by atoms with van der Waals surface area (Å²) in [4.78, 5) is 24.8. The first-order chi connectivity index (χ1) is 13.3. The van der Waals surface area contributed by atoms with Crippen LogP contribution >= 0.6 is 23.1 Å². The summed E-state index contributed by atoms with van der Waals surface area (Å²) < 4.78 is 8.62. The Morgan fingerprint density at radius 1 is 1.00 bits per heavy atom. The molecule has 1 aliphatic rings. The molecule has 0 N–H and O–H groups in total. The molecule has 28 heavy (non-hydrogen) atoms. The smallest absolute Gasteiger partial charge is 0.328 e. The molecular formula is C22H26O4S2. The Morgan fingerprint density at radius 3 is 2.14 bits per heavy atom. The summed E-state index contributed by atoms with van der Waals surface area (Å²) in [5, 5.41) is 3.62. The summed E-state index contributed by atoms with van der Waals surface area (Å²) >= 11 is 2.71. The molecule has 0 saturated carbocycles. The molecule has 4 nitrogen and oxygen atoms in total. The second-order valence-corrected chi connectivity index (χ2v) is 9.37. The Kier molecular flexibility index (Phi) is 7.49. The number of methoxy groups -OCH3 is 2. The van der Waals surface area contributed by atoms with E-state index in [-0.39, 0.29) is 0 Å². The van der Waals surface area contributed by atoms with Crippen molar-refractivity contribution in [2.24, 2.45) is 5.92 Å². The van der Waals surface area contributed by atoms with Crippen molar-refractivity contribution < 1.29 is 19.1 Å². The number of thiophene rings is 1. The third-order valence-corrected chi connectivity index (χ3v) is 6.87. The van der Waals surface area contributed by atoms with E-state index in [1.165, 1.54) is 42.9 Å². The highest BCUT2D eigenvalue weighted by Crippen LogP contribution is 2.52. The highest BCUT2D eigenvalue weighted by molar-refractivity contribution is 8.04. The number of benzene rings is 1. The molecule has 6 heteroatoms. The Bertz CT molecular complexity index is 807.